The molecule has 0 aliphatic carbocycles. The average Bonchev–Trinajstić information content (AvgIpc) is 1.89. The van der Waals surface area contributed by atoms with Crippen LogP contribution in [0.1, 0.15) is 0 Å². The summed E-state index contributed by atoms with van der Waals surface area (Å²) in [6.07, 6.45) is 2.73. The summed E-state index contributed by atoms with van der Waals surface area (Å²) in [7, 11) is 0. The summed E-state index contributed by atoms with van der Waals surface area (Å²) < 4.78 is 0. The Hall–Kier alpha value is -1.05. The Morgan fingerprint density at radius 1 is 1.00 bits per heavy atom. The molecule has 0 aromatic heterocycles. The number of rotatable bonds is 2. The zero-order valence-corrected chi connectivity index (χ0v) is 5.51. The summed E-state index contributed by atoms with van der Waals surface area (Å²) in [4.78, 5) is 0. The van der Waals surface area contributed by atoms with E-state index in [9.17, 15) is 0 Å². The van der Waals surface area contributed by atoms with Gasteiger partial charge < -0.3 is 0 Å². The SMILES string of the molecule is N#CC=[CH][Ni][CH]=CC#N. The Bertz CT molecular complexity index is 170. The van der Waals surface area contributed by atoms with Crippen molar-refractivity contribution in [1.29, 1.82) is 10.5 Å². The predicted octanol–water partition coefficient (Wildman–Crippen LogP) is 1.14. The van der Waals surface area contributed by atoms with Gasteiger partial charge in [-0.25, -0.2) is 0 Å². The van der Waals surface area contributed by atoms with E-state index in [0.717, 1.165) is 14.4 Å². The van der Waals surface area contributed by atoms with Gasteiger partial charge in [-0.2, -0.15) is 0 Å². The standard InChI is InChI=1S/2C3H2N.Ni/c2*1-2-3-4;/h2*1-2H;. The summed E-state index contributed by atoms with van der Waals surface area (Å²) >= 11 is 1.14. The molecule has 0 bridgehead atoms. The number of nitrogens with zero attached hydrogens (tertiary/aromatic N) is 2. The van der Waals surface area contributed by atoms with E-state index in [4.69, 9.17) is 10.5 Å². The molecule has 0 spiro atoms. The third-order valence-corrected chi connectivity index (χ3v) is 1.09. The first-order valence-electron chi connectivity index (χ1n) is 2.06. The van der Waals surface area contributed by atoms with Gasteiger partial charge in [-0.3, -0.25) is 0 Å². The van der Waals surface area contributed by atoms with Crippen LogP contribution in [0.25, 0.3) is 0 Å². The molecule has 0 heterocycles. The number of hydrogen-bond acceptors (Lipinski definition) is 2. The predicted molar refractivity (Wildman–Crippen MR) is 29.5 cm³/mol. The molecule has 0 saturated carbocycles. The van der Waals surface area contributed by atoms with Crippen LogP contribution in [-0.4, -0.2) is 0 Å². The van der Waals surface area contributed by atoms with E-state index in [2.05, 4.69) is 0 Å². The van der Waals surface area contributed by atoms with Gasteiger partial charge in [0.1, 0.15) is 0 Å². The van der Waals surface area contributed by atoms with Crippen molar-refractivity contribution in [3.05, 3.63) is 22.2 Å². The molecule has 0 N–H and O–H groups in total. The van der Waals surface area contributed by atoms with Crippen molar-refractivity contribution >= 4 is 0 Å². The molecule has 0 atom stereocenters. The Labute approximate surface area is 59.9 Å². The Morgan fingerprint density at radius 2 is 1.44 bits per heavy atom. The van der Waals surface area contributed by atoms with E-state index in [-0.39, 0.29) is 0 Å². The van der Waals surface area contributed by atoms with Crippen molar-refractivity contribution in [3.8, 4) is 12.1 Å². The molecule has 0 aliphatic rings. The van der Waals surface area contributed by atoms with E-state index >= 15 is 0 Å². The van der Waals surface area contributed by atoms with Gasteiger partial charge in [-0.15, -0.1) is 0 Å². The first kappa shape index (κ1) is 7.95. The normalized spacial score (nSPS) is 10.0. The Kier molecular flexibility index (Phi) is 6.14. The molecule has 0 unspecified atom stereocenters. The van der Waals surface area contributed by atoms with Gasteiger partial charge in [0.15, 0.2) is 0 Å². The van der Waals surface area contributed by atoms with Crippen LogP contribution in [0, 0.1) is 22.7 Å². The molecule has 2 nitrogen and oxygen atoms in total. The van der Waals surface area contributed by atoms with Crippen LogP contribution >= 0.6 is 0 Å². The molecule has 0 fully saturated rings. The van der Waals surface area contributed by atoms with Crippen LogP contribution in [0.5, 0.6) is 0 Å². The Balaban J connectivity index is 3.35. The molecule has 48 valence electrons. The molecule has 0 rings (SSSR count). The van der Waals surface area contributed by atoms with Gasteiger partial charge in [-0.05, 0) is 0 Å². The van der Waals surface area contributed by atoms with E-state index in [1.165, 1.54) is 12.2 Å². The molecule has 0 aromatic rings. The van der Waals surface area contributed by atoms with Crippen molar-refractivity contribution in [2.24, 2.45) is 0 Å². The fourth-order valence-electron chi connectivity index (χ4n) is 0.143. The number of allylic oxidation sites excluding steroid dienone is 2. The molecule has 0 radical (unpaired) electrons. The number of nitriles is 2. The second kappa shape index (κ2) is 6.95. The maximum atomic E-state index is 7.99. The van der Waals surface area contributed by atoms with Crippen molar-refractivity contribution in [2.45, 2.75) is 0 Å². The van der Waals surface area contributed by atoms with E-state index in [1.807, 2.05) is 12.1 Å². The van der Waals surface area contributed by atoms with Crippen molar-refractivity contribution in [3.63, 3.8) is 0 Å². The second-order valence-corrected chi connectivity index (χ2v) is 1.90. The minimum absolute atomic E-state index is 1.14. The topological polar surface area (TPSA) is 47.6 Å². The average molecular weight is 163 g/mol. The quantitative estimate of drug-likeness (QED) is 0.452. The van der Waals surface area contributed by atoms with Crippen LogP contribution in [0.15, 0.2) is 22.2 Å². The molecular formula is C6H4N2Ni. The molecule has 0 aromatic carbocycles. The zero-order valence-electron chi connectivity index (χ0n) is 4.52. The first-order chi connectivity index (χ1) is 4.41. The van der Waals surface area contributed by atoms with Gasteiger partial charge in [0, 0.05) is 0 Å². The van der Waals surface area contributed by atoms with E-state index in [1.54, 1.807) is 10.1 Å². The molecule has 9 heavy (non-hydrogen) atoms. The van der Waals surface area contributed by atoms with Crippen LogP contribution < -0.4 is 0 Å². The third kappa shape index (κ3) is 6.95. The monoisotopic (exact) mass is 162 g/mol. The Morgan fingerprint density at radius 3 is 1.78 bits per heavy atom. The molecule has 0 amide bonds. The first-order valence-corrected chi connectivity index (χ1v) is 3.20. The minimum atomic E-state index is 1.14. The summed E-state index contributed by atoms with van der Waals surface area (Å²) in [5.74, 6) is 0. The second-order valence-electron chi connectivity index (χ2n) is 0.908. The number of hydrogen-bond donors (Lipinski definition) is 0. The molecule has 0 saturated heterocycles. The van der Waals surface area contributed by atoms with Gasteiger partial charge in [0.05, 0.1) is 0 Å². The van der Waals surface area contributed by atoms with E-state index < -0.39 is 0 Å². The zero-order chi connectivity index (χ0) is 6.95. The van der Waals surface area contributed by atoms with Gasteiger partial charge in [0.2, 0.25) is 0 Å². The third-order valence-electron chi connectivity index (χ3n) is 0.376. The van der Waals surface area contributed by atoms with Crippen LogP contribution in [0.4, 0.5) is 0 Å². The van der Waals surface area contributed by atoms with Gasteiger partial charge >= 0.3 is 59.3 Å². The van der Waals surface area contributed by atoms with Gasteiger partial charge in [-0.1, -0.05) is 0 Å². The van der Waals surface area contributed by atoms with E-state index in [0.29, 0.717) is 0 Å². The van der Waals surface area contributed by atoms with Crippen LogP contribution in [0.2, 0.25) is 0 Å². The maximum absolute atomic E-state index is 7.99. The van der Waals surface area contributed by atoms with Crippen molar-refractivity contribution < 1.29 is 14.4 Å². The molecular weight excluding hydrogens is 159 g/mol. The van der Waals surface area contributed by atoms with Crippen molar-refractivity contribution in [2.75, 3.05) is 0 Å². The van der Waals surface area contributed by atoms with Crippen molar-refractivity contribution in [1.82, 2.24) is 0 Å². The van der Waals surface area contributed by atoms with Crippen LogP contribution in [0.3, 0.4) is 0 Å². The summed E-state index contributed by atoms with van der Waals surface area (Å²) in [6.45, 7) is 0. The fraction of sp³-hybridized carbons (Fsp3) is 0. The molecule has 3 heteroatoms. The summed E-state index contributed by atoms with van der Waals surface area (Å²) in [5, 5.41) is 19.2. The summed E-state index contributed by atoms with van der Waals surface area (Å²) in [6, 6.07) is 3.66. The fourth-order valence-corrected chi connectivity index (χ4v) is 0.590. The molecule has 0 aliphatic heterocycles. The van der Waals surface area contributed by atoms with Crippen LogP contribution in [-0.2, 0) is 14.4 Å². The van der Waals surface area contributed by atoms with Gasteiger partial charge in [0.25, 0.3) is 0 Å². The summed E-state index contributed by atoms with van der Waals surface area (Å²) in [5.41, 5.74) is 0.